The standard InChI is InChI=1S/C21H19N3/c1-14-7-10-17-18(13-14)24-21(22)20-19(17)16(11-12-23-20)9-8-15-5-3-2-4-6-15/h2-7,10-13H,8-9H2,1H3,(H2,22,24). The molecule has 0 spiro atoms. The van der Waals surface area contributed by atoms with Crippen LogP contribution < -0.4 is 5.73 Å². The fourth-order valence-corrected chi connectivity index (χ4v) is 3.26. The van der Waals surface area contributed by atoms with Crippen molar-refractivity contribution >= 4 is 27.6 Å². The van der Waals surface area contributed by atoms with Crippen LogP contribution in [0.5, 0.6) is 0 Å². The molecule has 4 aromatic rings. The Labute approximate surface area is 141 Å². The van der Waals surface area contributed by atoms with Crippen molar-refractivity contribution in [1.29, 1.82) is 0 Å². The van der Waals surface area contributed by atoms with Crippen molar-refractivity contribution in [3.63, 3.8) is 0 Å². The molecule has 0 aliphatic heterocycles. The van der Waals surface area contributed by atoms with E-state index in [0.717, 1.165) is 34.6 Å². The van der Waals surface area contributed by atoms with Crippen LogP contribution in [0.1, 0.15) is 16.7 Å². The summed E-state index contributed by atoms with van der Waals surface area (Å²) < 4.78 is 0. The van der Waals surface area contributed by atoms with Gasteiger partial charge in [0, 0.05) is 17.0 Å². The molecule has 3 heteroatoms. The van der Waals surface area contributed by atoms with Crippen molar-refractivity contribution < 1.29 is 0 Å². The first-order valence-corrected chi connectivity index (χ1v) is 8.20. The lowest BCUT2D eigenvalue weighted by Crippen LogP contribution is -1.99. The first kappa shape index (κ1) is 14.6. The van der Waals surface area contributed by atoms with E-state index in [9.17, 15) is 0 Å². The topological polar surface area (TPSA) is 51.8 Å². The molecule has 2 aromatic heterocycles. The number of nitrogens with two attached hydrogens (primary N) is 1. The van der Waals surface area contributed by atoms with E-state index in [4.69, 9.17) is 5.73 Å². The monoisotopic (exact) mass is 313 g/mol. The second-order valence-electron chi connectivity index (χ2n) is 6.20. The highest BCUT2D eigenvalue weighted by Gasteiger charge is 2.11. The molecule has 0 aliphatic rings. The molecule has 0 fully saturated rings. The van der Waals surface area contributed by atoms with E-state index >= 15 is 0 Å². The van der Waals surface area contributed by atoms with Gasteiger partial charge in [0.1, 0.15) is 5.52 Å². The van der Waals surface area contributed by atoms with Gasteiger partial charge >= 0.3 is 0 Å². The molecule has 0 radical (unpaired) electrons. The normalized spacial score (nSPS) is 11.2. The van der Waals surface area contributed by atoms with E-state index < -0.39 is 0 Å². The summed E-state index contributed by atoms with van der Waals surface area (Å²) in [6.07, 6.45) is 3.78. The fraction of sp³-hybridized carbons (Fsp3) is 0.143. The number of pyridine rings is 2. The summed E-state index contributed by atoms with van der Waals surface area (Å²) in [7, 11) is 0. The molecule has 24 heavy (non-hydrogen) atoms. The van der Waals surface area contributed by atoms with Gasteiger partial charge in [-0.3, -0.25) is 4.98 Å². The molecule has 2 N–H and O–H groups in total. The van der Waals surface area contributed by atoms with E-state index in [1.807, 2.05) is 12.3 Å². The van der Waals surface area contributed by atoms with Gasteiger partial charge in [-0.2, -0.15) is 0 Å². The first-order chi connectivity index (χ1) is 11.7. The molecule has 3 nitrogen and oxygen atoms in total. The maximum atomic E-state index is 6.17. The third kappa shape index (κ3) is 2.58. The Morgan fingerprint density at radius 2 is 1.79 bits per heavy atom. The number of hydrogen-bond donors (Lipinski definition) is 1. The Balaban J connectivity index is 1.87. The number of rotatable bonds is 3. The highest BCUT2D eigenvalue weighted by Crippen LogP contribution is 2.30. The number of fused-ring (bicyclic) bond motifs is 3. The lowest BCUT2D eigenvalue weighted by atomic mass is 9.98. The molecule has 0 saturated heterocycles. The van der Waals surface area contributed by atoms with E-state index in [2.05, 4.69) is 65.4 Å². The summed E-state index contributed by atoms with van der Waals surface area (Å²) in [5, 5.41) is 2.26. The second-order valence-corrected chi connectivity index (χ2v) is 6.20. The van der Waals surface area contributed by atoms with Crippen LogP contribution in [0.15, 0.2) is 60.8 Å². The number of nitrogen functional groups attached to an aromatic ring is 1. The summed E-state index contributed by atoms with van der Waals surface area (Å²) in [5.41, 5.74) is 11.7. The number of hydrogen-bond acceptors (Lipinski definition) is 3. The van der Waals surface area contributed by atoms with Crippen molar-refractivity contribution in [2.24, 2.45) is 0 Å². The Morgan fingerprint density at radius 1 is 0.958 bits per heavy atom. The zero-order valence-electron chi connectivity index (χ0n) is 13.7. The minimum Gasteiger partial charge on any atom is -0.382 e. The largest absolute Gasteiger partial charge is 0.382 e. The molecule has 2 heterocycles. The van der Waals surface area contributed by atoms with E-state index in [0.29, 0.717) is 5.82 Å². The zero-order valence-corrected chi connectivity index (χ0v) is 13.7. The van der Waals surface area contributed by atoms with E-state index in [-0.39, 0.29) is 0 Å². The van der Waals surface area contributed by atoms with Crippen molar-refractivity contribution in [1.82, 2.24) is 9.97 Å². The number of nitrogens with zero attached hydrogens (tertiary/aromatic N) is 2. The quantitative estimate of drug-likeness (QED) is 0.568. The predicted molar refractivity (Wildman–Crippen MR) is 100 cm³/mol. The van der Waals surface area contributed by atoms with Crippen molar-refractivity contribution in [2.45, 2.75) is 19.8 Å². The van der Waals surface area contributed by atoms with Gasteiger partial charge in [0.25, 0.3) is 0 Å². The van der Waals surface area contributed by atoms with Crippen LogP contribution in [0.2, 0.25) is 0 Å². The molecule has 0 atom stereocenters. The van der Waals surface area contributed by atoms with Crippen LogP contribution in [0.4, 0.5) is 5.82 Å². The van der Waals surface area contributed by atoms with Gasteiger partial charge in [0.2, 0.25) is 0 Å². The van der Waals surface area contributed by atoms with Gasteiger partial charge in [0.05, 0.1) is 5.52 Å². The lowest BCUT2D eigenvalue weighted by Gasteiger charge is -2.11. The number of aryl methyl sites for hydroxylation is 3. The molecule has 0 bridgehead atoms. The summed E-state index contributed by atoms with van der Waals surface area (Å²) >= 11 is 0. The highest BCUT2D eigenvalue weighted by molar-refractivity contribution is 6.09. The fourth-order valence-electron chi connectivity index (χ4n) is 3.26. The Hall–Kier alpha value is -2.94. The van der Waals surface area contributed by atoms with Crippen molar-refractivity contribution in [3.8, 4) is 0 Å². The van der Waals surface area contributed by atoms with Gasteiger partial charge in [-0.05, 0) is 48.6 Å². The van der Waals surface area contributed by atoms with Crippen LogP contribution in [0.3, 0.4) is 0 Å². The molecular formula is C21H19N3. The molecule has 118 valence electrons. The van der Waals surface area contributed by atoms with Crippen LogP contribution in [0, 0.1) is 6.92 Å². The third-order valence-electron chi connectivity index (χ3n) is 4.47. The van der Waals surface area contributed by atoms with Crippen LogP contribution in [-0.4, -0.2) is 9.97 Å². The van der Waals surface area contributed by atoms with Gasteiger partial charge in [-0.1, -0.05) is 42.5 Å². The Bertz CT molecular complexity index is 1020. The van der Waals surface area contributed by atoms with Gasteiger partial charge in [-0.15, -0.1) is 0 Å². The number of aromatic nitrogens is 2. The first-order valence-electron chi connectivity index (χ1n) is 8.20. The summed E-state index contributed by atoms with van der Waals surface area (Å²) in [4.78, 5) is 9.02. The van der Waals surface area contributed by atoms with Crippen molar-refractivity contribution in [2.75, 3.05) is 5.73 Å². The molecule has 2 aromatic carbocycles. The maximum absolute atomic E-state index is 6.17. The van der Waals surface area contributed by atoms with E-state index in [1.165, 1.54) is 16.7 Å². The van der Waals surface area contributed by atoms with Crippen molar-refractivity contribution in [3.05, 3.63) is 77.5 Å². The highest BCUT2D eigenvalue weighted by atomic mass is 14.9. The average Bonchev–Trinajstić information content (AvgIpc) is 2.60. The maximum Gasteiger partial charge on any atom is 0.150 e. The predicted octanol–water partition coefficient (Wildman–Crippen LogP) is 4.46. The molecule has 0 saturated carbocycles. The van der Waals surface area contributed by atoms with E-state index in [1.54, 1.807) is 0 Å². The zero-order chi connectivity index (χ0) is 16.5. The molecule has 0 unspecified atom stereocenters. The minimum absolute atomic E-state index is 0.504. The van der Waals surface area contributed by atoms with Crippen LogP contribution in [0.25, 0.3) is 21.8 Å². The Morgan fingerprint density at radius 3 is 2.62 bits per heavy atom. The lowest BCUT2D eigenvalue weighted by molar-refractivity contribution is 0.967. The summed E-state index contributed by atoms with van der Waals surface area (Å²) in [6.45, 7) is 2.07. The minimum atomic E-state index is 0.504. The van der Waals surface area contributed by atoms with Crippen LogP contribution in [-0.2, 0) is 12.8 Å². The summed E-state index contributed by atoms with van der Waals surface area (Å²) in [5.74, 6) is 0.504. The second kappa shape index (κ2) is 5.93. The van der Waals surface area contributed by atoms with Gasteiger partial charge in [-0.25, -0.2) is 4.98 Å². The summed E-state index contributed by atoms with van der Waals surface area (Å²) in [6, 6.07) is 19.0. The SMILES string of the molecule is Cc1ccc2c(c1)nc(N)c1nccc(CCc3ccccc3)c12. The Kier molecular flexibility index (Phi) is 3.62. The molecule has 0 aliphatic carbocycles. The van der Waals surface area contributed by atoms with Gasteiger partial charge in [0.15, 0.2) is 5.82 Å². The smallest absolute Gasteiger partial charge is 0.150 e. The van der Waals surface area contributed by atoms with Crippen LogP contribution >= 0.6 is 0 Å². The third-order valence-corrected chi connectivity index (χ3v) is 4.47. The number of anilines is 1. The van der Waals surface area contributed by atoms with Gasteiger partial charge < -0.3 is 5.73 Å². The average molecular weight is 313 g/mol. The molecule has 0 amide bonds. The number of benzene rings is 2. The molecule has 4 rings (SSSR count). The molecular weight excluding hydrogens is 294 g/mol.